The molecule has 0 radical (unpaired) electrons. The number of pyridine rings is 1. The van der Waals surface area contributed by atoms with Crippen LogP contribution in [-0.2, 0) is 0 Å². The third kappa shape index (κ3) is 3.28. The van der Waals surface area contributed by atoms with Gasteiger partial charge < -0.3 is 10.4 Å². The summed E-state index contributed by atoms with van der Waals surface area (Å²) in [4.78, 5) is 4.05. The molecule has 1 heterocycles. The van der Waals surface area contributed by atoms with E-state index in [-0.39, 0.29) is 12.6 Å². The van der Waals surface area contributed by atoms with Crippen molar-refractivity contribution in [2.75, 3.05) is 11.9 Å². The molecule has 0 saturated heterocycles. The molecule has 0 fully saturated rings. The summed E-state index contributed by atoms with van der Waals surface area (Å²) < 4.78 is 1.03. The summed E-state index contributed by atoms with van der Waals surface area (Å²) in [5.41, 5.74) is 1.94. The highest BCUT2D eigenvalue weighted by Crippen LogP contribution is 2.20. The van der Waals surface area contributed by atoms with Gasteiger partial charge in [0.25, 0.3) is 0 Å². The number of anilines is 1. The van der Waals surface area contributed by atoms with Gasteiger partial charge in [0.05, 0.1) is 12.6 Å². The SMILES string of the molecule is OCC(Nc1ccc(Br)cc1)c1cccnc1. The monoisotopic (exact) mass is 292 g/mol. The van der Waals surface area contributed by atoms with E-state index in [1.54, 1.807) is 12.4 Å². The first kappa shape index (κ1) is 12.1. The molecule has 1 unspecified atom stereocenters. The molecular weight excluding hydrogens is 280 g/mol. The van der Waals surface area contributed by atoms with Crippen molar-refractivity contribution in [3.05, 3.63) is 58.8 Å². The number of hydrogen-bond donors (Lipinski definition) is 2. The lowest BCUT2D eigenvalue weighted by Crippen LogP contribution is -2.14. The van der Waals surface area contributed by atoms with Crippen LogP contribution in [0.25, 0.3) is 0 Å². The van der Waals surface area contributed by atoms with Gasteiger partial charge >= 0.3 is 0 Å². The number of hydrogen-bond acceptors (Lipinski definition) is 3. The van der Waals surface area contributed by atoms with Gasteiger partial charge in [0.1, 0.15) is 0 Å². The second-order valence-corrected chi connectivity index (χ2v) is 4.59. The van der Waals surface area contributed by atoms with E-state index in [1.807, 2.05) is 36.4 Å². The highest BCUT2D eigenvalue weighted by atomic mass is 79.9. The fraction of sp³-hybridized carbons (Fsp3) is 0.154. The lowest BCUT2D eigenvalue weighted by molar-refractivity contribution is 0.276. The fourth-order valence-corrected chi connectivity index (χ4v) is 1.83. The molecule has 2 aromatic rings. The molecule has 0 aliphatic carbocycles. The summed E-state index contributed by atoms with van der Waals surface area (Å²) in [7, 11) is 0. The van der Waals surface area contributed by atoms with Crippen LogP contribution >= 0.6 is 15.9 Å². The Balaban J connectivity index is 2.13. The molecule has 4 heteroatoms. The zero-order valence-corrected chi connectivity index (χ0v) is 10.8. The summed E-state index contributed by atoms with van der Waals surface area (Å²) in [6.45, 7) is 0.0295. The van der Waals surface area contributed by atoms with E-state index < -0.39 is 0 Å². The van der Waals surface area contributed by atoms with Crippen LogP contribution in [-0.4, -0.2) is 16.7 Å². The van der Waals surface area contributed by atoms with E-state index in [9.17, 15) is 5.11 Å². The van der Waals surface area contributed by atoms with Crippen molar-refractivity contribution >= 4 is 21.6 Å². The van der Waals surface area contributed by atoms with Crippen molar-refractivity contribution in [1.82, 2.24) is 4.98 Å². The van der Waals surface area contributed by atoms with Crippen LogP contribution in [0.15, 0.2) is 53.3 Å². The lowest BCUT2D eigenvalue weighted by Gasteiger charge is -2.17. The molecule has 0 aliphatic heterocycles. The molecular formula is C13H13BrN2O. The first-order valence-electron chi connectivity index (χ1n) is 5.32. The van der Waals surface area contributed by atoms with Gasteiger partial charge in [-0.05, 0) is 35.9 Å². The maximum absolute atomic E-state index is 9.40. The van der Waals surface area contributed by atoms with E-state index in [1.165, 1.54) is 0 Å². The largest absolute Gasteiger partial charge is 0.394 e. The predicted molar refractivity (Wildman–Crippen MR) is 71.8 cm³/mol. The maximum Gasteiger partial charge on any atom is 0.0759 e. The van der Waals surface area contributed by atoms with Crippen LogP contribution in [0.3, 0.4) is 0 Å². The van der Waals surface area contributed by atoms with Crippen LogP contribution in [0, 0.1) is 0 Å². The van der Waals surface area contributed by atoms with Crippen LogP contribution in [0.2, 0.25) is 0 Å². The van der Waals surface area contributed by atoms with E-state index >= 15 is 0 Å². The summed E-state index contributed by atoms with van der Waals surface area (Å²) in [5.74, 6) is 0. The molecule has 0 saturated carbocycles. The predicted octanol–water partition coefficient (Wildman–Crippen LogP) is 2.99. The molecule has 1 atom stereocenters. The number of aliphatic hydroxyl groups is 1. The van der Waals surface area contributed by atoms with Gasteiger partial charge in [0.15, 0.2) is 0 Å². The van der Waals surface area contributed by atoms with Gasteiger partial charge in [-0.25, -0.2) is 0 Å². The Hall–Kier alpha value is -1.39. The van der Waals surface area contributed by atoms with Gasteiger partial charge in [0.2, 0.25) is 0 Å². The molecule has 0 bridgehead atoms. The first-order valence-corrected chi connectivity index (χ1v) is 6.12. The van der Waals surface area contributed by atoms with Gasteiger partial charge in [-0.15, -0.1) is 0 Å². The first-order chi connectivity index (χ1) is 8.29. The van der Waals surface area contributed by atoms with Gasteiger partial charge in [-0.1, -0.05) is 22.0 Å². The van der Waals surface area contributed by atoms with Crippen LogP contribution in [0.4, 0.5) is 5.69 Å². The van der Waals surface area contributed by atoms with Gasteiger partial charge in [-0.3, -0.25) is 4.98 Å². The zero-order valence-electron chi connectivity index (χ0n) is 9.18. The van der Waals surface area contributed by atoms with Crippen molar-refractivity contribution in [2.45, 2.75) is 6.04 Å². The number of benzene rings is 1. The Morgan fingerprint density at radius 3 is 2.59 bits per heavy atom. The number of aliphatic hydroxyl groups excluding tert-OH is 1. The molecule has 0 spiro atoms. The molecule has 17 heavy (non-hydrogen) atoms. The van der Waals surface area contributed by atoms with Crippen LogP contribution in [0.1, 0.15) is 11.6 Å². The average Bonchev–Trinajstić information content (AvgIpc) is 2.39. The van der Waals surface area contributed by atoms with Crippen LogP contribution < -0.4 is 5.32 Å². The quantitative estimate of drug-likeness (QED) is 0.911. The number of halogens is 1. The van der Waals surface area contributed by atoms with Crippen molar-refractivity contribution in [3.8, 4) is 0 Å². The summed E-state index contributed by atoms with van der Waals surface area (Å²) in [6, 6.07) is 11.5. The van der Waals surface area contributed by atoms with Crippen molar-refractivity contribution in [1.29, 1.82) is 0 Å². The highest BCUT2D eigenvalue weighted by Gasteiger charge is 2.09. The lowest BCUT2D eigenvalue weighted by atomic mass is 10.1. The topological polar surface area (TPSA) is 45.1 Å². The molecule has 88 valence electrons. The van der Waals surface area contributed by atoms with Gasteiger partial charge in [-0.2, -0.15) is 0 Å². The Kier molecular flexibility index (Phi) is 4.12. The Morgan fingerprint density at radius 1 is 1.24 bits per heavy atom. The van der Waals surface area contributed by atoms with Crippen molar-refractivity contribution in [3.63, 3.8) is 0 Å². The Morgan fingerprint density at radius 2 is 2.00 bits per heavy atom. The third-order valence-electron chi connectivity index (χ3n) is 2.45. The molecule has 2 rings (SSSR count). The number of aromatic nitrogens is 1. The third-order valence-corrected chi connectivity index (χ3v) is 2.98. The number of rotatable bonds is 4. The molecule has 3 nitrogen and oxygen atoms in total. The van der Waals surface area contributed by atoms with Crippen molar-refractivity contribution < 1.29 is 5.11 Å². The van der Waals surface area contributed by atoms with E-state index in [4.69, 9.17) is 0 Å². The summed E-state index contributed by atoms with van der Waals surface area (Å²) >= 11 is 3.39. The minimum absolute atomic E-state index is 0.0295. The van der Waals surface area contributed by atoms with E-state index in [2.05, 4.69) is 26.2 Å². The van der Waals surface area contributed by atoms with Gasteiger partial charge in [0, 0.05) is 22.6 Å². The fourth-order valence-electron chi connectivity index (χ4n) is 1.56. The highest BCUT2D eigenvalue weighted by molar-refractivity contribution is 9.10. The van der Waals surface area contributed by atoms with Crippen molar-refractivity contribution in [2.24, 2.45) is 0 Å². The minimum atomic E-state index is -0.134. The Labute approximate surface area is 109 Å². The molecule has 2 N–H and O–H groups in total. The normalized spacial score (nSPS) is 12.1. The zero-order chi connectivity index (χ0) is 12.1. The second kappa shape index (κ2) is 5.80. The standard InChI is InChI=1S/C13H13BrN2O/c14-11-3-5-12(6-4-11)16-13(9-17)10-2-1-7-15-8-10/h1-8,13,16-17H,9H2. The smallest absolute Gasteiger partial charge is 0.0759 e. The second-order valence-electron chi connectivity index (χ2n) is 3.67. The molecule has 1 aromatic heterocycles. The molecule has 0 aliphatic rings. The van der Waals surface area contributed by atoms with E-state index in [0.29, 0.717) is 0 Å². The summed E-state index contributed by atoms with van der Waals surface area (Å²) in [6.07, 6.45) is 3.48. The maximum atomic E-state index is 9.40. The number of nitrogens with one attached hydrogen (secondary N) is 1. The number of nitrogens with zero attached hydrogens (tertiary/aromatic N) is 1. The summed E-state index contributed by atoms with van der Waals surface area (Å²) in [5, 5.41) is 12.7. The average molecular weight is 293 g/mol. The molecule has 0 amide bonds. The minimum Gasteiger partial charge on any atom is -0.394 e. The molecule has 1 aromatic carbocycles. The van der Waals surface area contributed by atoms with Crippen LogP contribution in [0.5, 0.6) is 0 Å². The van der Waals surface area contributed by atoms with E-state index in [0.717, 1.165) is 15.7 Å². The Bertz CT molecular complexity index is 459.